The van der Waals surface area contributed by atoms with E-state index < -0.39 is 0 Å². The summed E-state index contributed by atoms with van der Waals surface area (Å²) in [5.74, 6) is 11.2. The van der Waals surface area contributed by atoms with Gasteiger partial charge in [0.15, 0.2) is 0 Å². The molecule has 3 N–H and O–H groups in total. The van der Waals surface area contributed by atoms with Crippen molar-refractivity contribution in [3.63, 3.8) is 0 Å². The van der Waals surface area contributed by atoms with Crippen LogP contribution in [-0.4, -0.2) is 33.0 Å². The smallest absolute Gasteiger partial charge is 0.0701 e. The Balaban J connectivity index is 3.41. The first-order chi connectivity index (χ1) is 6.85. The molecule has 0 aromatic heterocycles. The van der Waals surface area contributed by atoms with Crippen LogP contribution in [0.25, 0.3) is 0 Å². The van der Waals surface area contributed by atoms with Crippen molar-refractivity contribution >= 4 is 0 Å². The van der Waals surface area contributed by atoms with Gasteiger partial charge in [-0.3, -0.25) is 11.3 Å². The van der Waals surface area contributed by atoms with Crippen LogP contribution in [-0.2, 0) is 9.47 Å². The summed E-state index contributed by atoms with van der Waals surface area (Å²) >= 11 is 0. The van der Waals surface area contributed by atoms with Crippen LogP contribution in [0.2, 0.25) is 0 Å². The van der Waals surface area contributed by atoms with Gasteiger partial charge in [0, 0.05) is 19.6 Å². The van der Waals surface area contributed by atoms with Crippen molar-refractivity contribution in [2.24, 2.45) is 5.84 Å². The van der Waals surface area contributed by atoms with E-state index in [4.69, 9.17) is 15.3 Å². The third kappa shape index (κ3) is 8.02. The lowest BCUT2D eigenvalue weighted by atomic mass is 10.2. The Bertz CT molecular complexity index is 175. The third-order valence-electron chi connectivity index (χ3n) is 1.78. The normalized spacial score (nSPS) is 11.9. The molecular formula is C10H20N2O2. The maximum absolute atomic E-state index is 5.36. The minimum atomic E-state index is 0.174. The van der Waals surface area contributed by atoms with E-state index in [1.165, 1.54) is 0 Å². The summed E-state index contributed by atoms with van der Waals surface area (Å²) in [5, 5.41) is 0. The van der Waals surface area contributed by atoms with Crippen molar-refractivity contribution in [2.45, 2.75) is 25.8 Å². The standard InChI is InChI=1S/C10H20N2O2/c1-3-4-5-6-10(12-11)9-14-8-7-13-2/h10,12H,5-9,11H2,1-2H3. The first kappa shape index (κ1) is 13.4. The van der Waals surface area contributed by atoms with Crippen LogP contribution in [0, 0.1) is 11.8 Å². The summed E-state index contributed by atoms with van der Waals surface area (Å²) in [4.78, 5) is 0. The van der Waals surface area contributed by atoms with E-state index in [9.17, 15) is 0 Å². The Morgan fingerprint density at radius 3 is 2.79 bits per heavy atom. The zero-order chi connectivity index (χ0) is 10.6. The van der Waals surface area contributed by atoms with Gasteiger partial charge in [-0.1, -0.05) is 0 Å². The highest BCUT2D eigenvalue weighted by atomic mass is 16.5. The average molecular weight is 200 g/mol. The highest BCUT2D eigenvalue weighted by Crippen LogP contribution is 1.96. The summed E-state index contributed by atoms with van der Waals surface area (Å²) in [7, 11) is 1.65. The SMILES string of the molecule is CC#CCCC(COCCOC)NN. The van der Waals surface area contributed by atoms with E-state index in [1.54, 1.807) is 7.11 Å². The molecule has 1 unspecified atom stereocenters. The van der Waals surface area contributed by atoms with Crippen molar-refractivity contribution in [3.05, 3.63) is 0 Å². The molecule has 0 rings (SSSR count). The zero-order valence-electron chi connectivity index (χ0n) is 9.01. The number of hydrazine groups is 1. The molecule has 0 heterocycles. The van der Waals surface area contributed by atoms with Crippen LogP contribution >= 0.6 is 0 Å². The summed E-state index contributed by atoms with van der Waals surface area (Å²) in [6, 6.07) is 0.174. The molecule has 0 aliphatic heterocycles. The molecule has 0 fully saturated rings. The van der Waals surface area contributed by atoms with Crippen molar-refractivity contribution in [3.8, 4) is 11.8 Å². The van der Waals surface area contributed by atoms with Gasteiger partial charge < -0.3 is 9.47 Å². The van der Waals surface area contributed by atoms with Crippen molar-refractivity contribution < 1.29 is 9.47 Å². The molecule has 0 saturated carbocycles. The second-order valence-corrected chi connectivity index (χ2v) is 2.90. The topological polar surface area (TPSA) is 56.5 Å². The molecule has 0 radical (unpaired) electrons. The van der Waals surface area contributed by atoms with Gasteiger partial charge in [-0.15, -0.1) is 11.8 Å². The Morgan fingerprint density at radius 1 is 1.43 bits per heavy atom. The maximum Gasteiger partial charge on any atom is 0.0701 e. The number of hydrogen-bond donors (Lipinski definition) is 2. The van der Waals surface area contributed by atoms with Gasteiger partial charge in [0.1, 0.15) is 0 Å². The van der Waals surface area contributed by atoms with E-state index in [1.807, 2.05) is 6.92 Å². The molecule has 0 aromatic rings. The lowest BCUT2D eigenvalue weighted by Gasteiger charge is -2.14. The van der Waals surface area contributed by atoms with Crippen LogP contribution in [0.5, 0.6) is 0 Å². The summed E-state index contributed by atoms with van der Waals surface area (Å²) in [6.07, 6.45) is 1.75. The fraction of sp³-hybridized carbons (Fsp3) is 0.800. The van der Waals surface area contributed by atoms with Gasteiger partial charge in [0.25, 0.3) is 0 Å². The fourth-order valence-corrected chi connectivity index (χ4v) is 0.954. The number of hydrogen-bond acceptors (Lipinski definition) is 4. The molecule has 0 aromatic carbocycles. The summed E-state index contributed by atoms with van der Waals surface area (Å²) in [5.41, 5.74) is 2.70. The van der Waals surface area contributed by atoms with Crippen LogP contribution in [0.15, 0.2) is 0 Å². The summed E-state index contributed by atoms with van der Waals surface area (Å²) in [6.45, 7) is 3.66. The van der Waals surface area contributed by atoms with Gasteiger partial charge >= 0.3 is 0 Å². The van der Waals surface area contributed by atoms with Crippen LogP contribution in [0.3, 0.4) is 0 Å². The molecule has 82 valence electrons. The number of methoxy groups -OCH3 is 1. The number of nitrogens with two attached hydrogens (primary N) is 1. The Labute approximate surface area is 86.1 Å². The lowest BCUT2D eigenvalue weighted by molar-refractivity contribution is 0.0577. The zero-order valence-corrected chi connectivity index (χ0v) is 9.01. The van der Waals surface area contributed by atoms with Crippen LogP contribution < -0.4 is 11.3 Å². The molecule has 4 heteroatoms. The number of ether oxygens (including phenoxy) is 2. The van der Waals surface area contributed by atoms with Gasteiger partial charge in [-0.2, -0.15) is 0 Å². The van der Waals surface area contributed by atoms with Gasteiger partial charge in [0.05, 0.1) is 19.8 Å². The van der Waals surface area contributed by atoms with Gasteiger partial charge in [-0.25, -0.2) is 0 Å². The van der Waals surface area contributed by atoms with Crippen LogP contribution in [0.1, 0.15) is 19.8 Å². The number of rotatable bonds is 8. The molecule has 14 heavy (non-hydrogen) atoms. The minimum absolute atomic E-state index is 0.174. The Kier molecular flexibility index (Phi) is 10.0. The lowest BCUT2D eigenvalue weighted by Crippen LogP contribution is -2.38. The molecule has 0 aliphatic rings. The highest BCUT2D eigenvalue weighted by Gasteiger charge is 2.04. The quantitative estimate of drug-likeness (QED) is 0.256. The first-order valence-corrected chi connectivity index (χ1v) is 4.77. The maximum atomic E-state index is 5.36. The fourth-order valence-electron chi connectivity index (χ4n) is 0.954. The minimum Gasteiger partial charge on any atom is -0.382 e. The largest absolute Gasteiger partial charge is 0.382 e. The van der Waals surface area contributed by atoms with Crippen molar-refractivity contribution in [2.75, 3.05) is 26.9 Å². The van der Waals surface area contributed by atoms with Crippen molar-refractivity contribution in [1.29, 1.82) is 0 Å². The first-order valence-electron chi connectivity index (χ1n) is 4.77. The summed E-state index contributed by atoms with van der Waals surface area (Å²) < 4.78 is 10.2. The Hall–Kier alpha value is -0.600. The molecule has 0 saturated heterocycles. The molecule has 0 aliphatic carbocycles. The van der Waals surface area contributed by atoms with Crippen molar-refractivity contribution in [1.82, 2.24) is 5.43 Å². The molecule has 0 bridgehead atoms. The number of nitrogens with one attached hydrogen (secondary N) is 1. The monoisotopic (exact) mass is 200 g/mol. The molecule has 4 nitrogen and oxygen atoms in total. The van der Waals surface area contributed by atoms with E-state index in [0.29, 0.717) is 19.8 Å². The second kappa shape index (κ2) is 10.5. The molecular weight excluding hydrogens is 180 g/mol. The van der Waals surface area contributed by atoms with E-state index >= 15 is 0 Å². The van der Waals surface area contributed by atoms with Gasteiger partial charge in [-0.05, 0) is 13.3 Å². The average Bonchev–Trinajstić information content (AvgIpc) is 2.22. The second-order valence-electron chi connectivity index (χ2n) is 2.90. The van der Waals surface area contributed by atoms with E-state index in [-0.39, 0.29) is 6.04 Å². The highest BCUT2D eigenvalue weighted by molar-refractivity contribution is 4.95. The van der Waals surface area contributed by atoms with Gasteiger partial charge in [0.2, 0.25) is 0 Å². The molecule has 0 spiro atoms. The molecule has 1 atom stereocenters. The third-order valence-corrected chi connectivity index (χ3v) is 1.78. The van der Waals surface area contributed by atoms with E-state index in [0.717, 1.165) is 12.8 Å². The van der Waals surface area contributed by atoms with E-state index in [2.05, 4.69) is 17.3 Å². The van der Waals surface area contributed by atoms with Crippen LogP contribution in [0.4, 0.5) is 0 Å². The predicted octanol–water partition coefficient (Wildman–Crippen LogP) is 0.285. The predicted molar refractivity (Wildman–Crippen MR) is 56.5 cm³/mol. The molecule has 0 amide bonds. The Morgan fingerprint density at radius 2 is 2.21 bits per heavy atom.